The summed E-state index contributed by atoms with van der Waals surface area (Å²) in [5, 5.41) is 2.60. The Kier molecular flexibility index (Phi) is 4.37. The Hall–Kier alpha value is -2.36. The first-order valence-corrected chi connectivity index (χ1v) is 7.60. The molecule has 1 N–H and O–H groups in total. The molecule has 114 valence electrons. The van der Waals surface area contributed by atoms with Crippen molar-refractivity contribution in [3.63, 3.8) is 0 Å². The lowest BCUT2D eigenvalue weighted by molar-refractivity contribution is -0.115. The summed E-state index contributed by atoms with van der Waals surface area (Å²) in [4.78, 5) is 14.3. The quantitative estimate of drug-likeness (QED) is 0.935. The Balaban J connectivity index is 1.60. The minimum Gasteiger partial charge on any atom is -0.372 e. The average Bonchev–Trinajstić information content (AvgIpc) is 3.05. The van der Waals surface area contributed by atoms with E-state index in [0.717, 1.165) is 18.7 Å². The van der Waals surface area contributed by atoms with E-state index in [-0.39, 0.29) is 18.0 Å². The van der Waals surface area contributed by atoms with Crippen LogP contribution >= 0.6 is 0 Å². The molecule has 0 saturated carbocycles. The molecule has 1 aliphatic heterocycles. The fourth-order valence-electron chi connectivity index (χ4n) is 2.74. The SMILES string of the molecule is O=C(Cc1ccc(N2CCCC2)cc1)Nc1ccccc1F. The van der Waals surface area contributed by atoms with Gasteiger partial charge >= 0.3 is 0 Å². The number of carbonyl (C=O) groups excluding carboxylic acids is 1. The number of amides is 1. The van der Waals surface area contributed by atoms with Gasteiger partial charge in [0.05, 0.1) is 12.1 Å². The van der Waals surface area contributed by atoms with Gasteiger partial charge < -0.3 is 10.2 Å². The van der Waals surface area contributed by atoms with E-state index in [1.165, 1.54) is 24.6 Å². The van der Waals surface area contributed by atoms with E-state index in [0.29, 0.717) is 0 Å². The van der Waals surface area contributed by atoms with Crippen LogP contribution in [-0.2, 0) is 11.2 Å². The standard InChI is InChI=1S/C18H19FN2O/c19-16-5-1-2-6-17(16)20-18(22)13-14-7-9-15(10-8-14)21-11-3-4-12-21/h1-2,5-10H,3-4,11-13H2,(H,20,22). The molecule has 0 atom stereocenters. The largest absolute Gasteiger partial charge is 0.372 e. The Morgan fingerprint density at radius 1 is 1.05 bits per heavy atom. The normalized spacial score (nSPS) is 14.1. The highest BCUT2D eigenvalue weighted by molar-refractivity contribution is 5.92. The van der Waals surface area contributed by atoms with Crippen LogP contribution in [0, 0.1) is 5.82 Å². The van der Waals surface area contributed by atoms with Gasteiger partial charge in [-0.05, 0) is 42.7 Å². The van der Waals surface area contributed by atoms with E-state index >= 15 is 0 Å². The predicted octanol–water partition coefficient (Wildman–Crippen LogP) is 3.61. The van der Waals surface area contributed by atoms with Crippen LogP contribution in [0.1, 0.15) is 18.4 Å². The van der Waals surface area contributed by atoms with Gasteiger partial charge in [-0.2, -0.15) is 0 Å². The zero-order valence-electron chi connectivity index (χ0n) is 12.4. The third-order valence-electron chi connectivity index (χ3n) is 3.92. The molecule has 1 heterocycles. The number of hydrogen-bond acceptors (Lipinski definition) is 2. The first-order valence-electron chi connectivity index (χ1n) is 7.60. The second kappa shape index (κ2) is 6.60. The average molecular weight is 298 g/mol. The van der Waals surface area contributed by atoms with Crippen LogP contribution < -0.4 is 10.2 Å². The maximum Gasteiger partial charge on any atom is 0.228 e. The molecule has 22 heavy (non-hydrogen) atoms. The van der Waals surface area contributed by atoms with Crippen LogP contribution in [-0.4, -0.2) is 19.0 Å². The number of halogens is 1. The van der Waals surface area contributed by atoms with Crippen LogP contribution in [0.2, 0.25) is 0 Å². The van der Waals surface area contributed by atoms with E-state index in [9.17, 15) is 9.18 Å². The Bertz CT molecular complexity index is 648. The molecule has 2 aromatic carbocycles. The van der Waals surface area contributed by atoms with Crippen molar-refractivity contribution in [2.45, 2.75) is 19.3 Å². The smallest absolute Gasteiger partial charge is 0.228 e. The molecule has 0 aromatic heterocycles. The topological polar surface area (TPSA) is 32.3 Å². The highest BCUT2D eigenvalue weighted by atomic mass is 19.1. The molecule has 2 aromatic rings. The van der Waals surface area contributed by atoms with E-state index in [4.69, 9.17) is 0 Å². The number of benzene rings is 2. The predicted molar refractivity (Wildman–Crippen MR) is 86.6 cm³/mol. The van der Waals surface area contributed by atoms with Gasteiger partial charge in [0, 0.05) is 18.8 Å². The van der Waals surface area contributed by atoms with Crippen molar-refractivity contribution in [2.24, 2.45) is 0 Å². The minimum absolute atomic E-state index is 0.209. The van der Waals surface area contributed by atoms with Crippen molar-refractivity contribution in [2.75, 3.05) is 23.3 Å². The molecule has 1 amide bonds. The van der Waals surface area contributed by atoms with Crippen LogP contribution in [0.3, 0.4) is 0 Å². The lowest BCUT2D eigenvalue weighted by atomic mass is 10.1. The summed E-state index contributed by atoms with van der Waals surface area (Å²) in [6.45, 7) is 2.21. The Labute approximate surface area is 129 Å². The molecule has 1 fully saturated rings. The van der Waals surface area contributed by atoms with Gasteiger partial charge in [0.2, 0.25) is 5.91 Å². The number of nitrogens with zero attached hydrogens (tertiary/aromatic N) is 1. The van der Waals surface area contributed by atoms with E-state index in [1.54, 1.807) is 18.2 Å². The maximum atomic E-state index is 13.5. The molecule has 0 bridgehead atoms. The van der Waals surface area contributed by atoms with Gasteiger partial charge in [-0.15, -0.1) is 0 Å². The van der Waals surface area contributed by atoms with Crippen LogP contribution in [0.25, 0.3) is 0 Å². The Morgan fingerprint density at radius 3 is 2.41 bits per heavy atom. The summed E-state index contributed by atoms with van der Waals surface area (Å²) < 4.78 is 13.5. The van der Waals surface area contributed by atoms with Crippen molar-refractivity contribution in [3.05, 3.63) is 59.9 Å². The first kappa shape index (κ1) is 14.6. The molecule has 4 heteroatoms. The maximum absolute atomic E-state index is 13.5. The minimum atomic E-state index is -0.416. The van der Waals surface area contributed by atoms with Gasteiger partial charge in [-0.3, -0.25) is 4.79 Å². The van der Waals surface area contributed by atoms with Gasteiger partial charge in [-0.1, -0.05) is 24.3 Å². The summed E-state index contributed by atoms with van der Waals surface area (Å²) in [5.41, 5.74) is 2.36. The van der Waals surface area contributed by atoms with Crippen molar-refractivity contribution in [1.29, 1.82) is 0 Å². The molecule has 0 radical (unpaired) electrons. The summed E-state index contributed by atoms with van der Waals surface area (Å²) in [7, 11) is 0. The highest BCUT2D eigenvalue weighted by Gasteiger charge is 2.12. The van der Waals surface area contributed by atoms with Crippen molar-refractivity contribution >= 4 is 17.3 Å². The lowest BCUT2D eigenvalue weighted by Crippen LogP contribution is -2.18. The zero-order chi connectivity index (χ0) is 15.4. The molecule has 0 unspecified atom stereocenters. The van der Waals surface area contributed by atoms with Gasteiger partial charge in [-0.25, -0.2) is 4.39 Å². The first-order chi connectivity index (χ1) is 10.7. The van der Waals surface area contributed by atoms with Crippen molar-refractivity contribution in [3.8, 4) is 0 Å². The van der Waals surface area contributed by atoms with Crippen molar-refractivity contribution in [1.82, 2.24) is 0 Å². The molecule has 3 nitrogen and oxygen atoms in total. The van der Waals surface area contributed by atoms with Crippen LogP contribution in [0.4, 0.5) is 15.8 Å². The number of rotatable bonds is 4. The van der Waals surface area contributed by atoms with Crippen LogP contribution in [0.15, 0.2) is 48.5 Å². The number of anilines is 2. The zero-order valence-corrected chi connectivity index (χ0v) is 12.4. The summed E-state index contributed by atoms with van der Waals surface area (Å²) >= 11 is 0. The number of carbonyl (C=O) groups is 1. The third-order valence-corrected chi connectivity index (χ3v) is 3.92. The summed E-state index contributed by atoms with van der Waals surface area (Å²) in [6.07, 6.45) is 2.73. The lowest BCUT2D eigenvalue weighted by Gasteiger charge is -2.17. The highest BCUT2D eigenvalue weighted by Crippen LogP contribution is 2.21. The molecular weight excluding hydrogens is 279 g/mol. The van der Waals surface area contributed by atoms with E-state index in [1.807, 2.05) is 12.1 Å². The number of nitrogens with one attached hydrogen (secondary N) is 1. The van der Waals surface area contributed by atoms with E-state index < -0.39 is 5.82 Å². The molecular formula is C18H19FN2O. The number of hydrogen-bond donors (Lipinski definition) is 1. The van der Waals surface area contributed by atoms with Gasteiger partial charge in [0.25, 0.3) is 0 Å². The van der Waals surface area contributed by atoms with Crippen LogP contribution in [0.5, 0.6) is 0 Å². The second-order valence-corrected chi connectivity index (χ2v) is 5.57. The summed E-state index contributed by atoms with van der Waals surface area (Å²) in [6, 6.07) is 14.2. The molecule has 0 aliphatic carbocycles. The Morgan fingerprint density at radius 2 is 1.73 bits per heavy atom. The fourth-order valence-corrected chi connectivity index (χ4v) is 2.74. The second-order valence-electron chi connectivity index (χ2n) is 5.57. The molecule has 1 aliphatic rings. The molecule has 3 rings (SSSR count). The number of para-hydroxylation sites is 1. The molecule has 1 saturated heterocycles. The van der Waals surface area contributed by atoms with Crippen molar-refractivity contribution < 1.29 is 9.18 Å². The molecule has 0 spiro atoms. The monoisotopic (exact) mass is 298 g/mol. The van der Waals surface area contributed by atoms with Gasteiger partial charge in [0.1, 0.15) is 5.82 Å². The van der Waals surface area contributed by atoms with E-state index in [2.05, 4.69) is 22.3 Å². The summed E-state index contributed by atoms with van der Waals surface area (Å²) in [5.74, 6) is -0.626. The third kappa shape index (κ3) is 3.45. The fraction of sp³-hybridized carbons (Fsp3) is 0.278. The van der Waals surface area contributed by atoms with Gasteiger partial charge in [0.15, 0.2) is 0 Å².